The van der Waals surface area contributed by atoms with E-state index in [4.69, 9.17) is 0 Å². The molecule has 0 amide bonds. The molecule has 2 aliphatic rings. The number of rotatable bonds is 4. The summed E-state index contributed by atoms with van der Waals surface area (Å²) in [6, 6.07) is 6.48. The first-order valence-corrected chi connectivity index (χ1v) is 7.59. The molecule has 0 heterocycles. The van der Waals surface area contributed by atoms with Crippen molar-refractivity contribution in [2.75, 3.05) is 0 Å². The number of aliphatic carboxylic acids is 1. The van der Waals surface area contributed by atoms with E-state index < -0.39 is 5.97 Å². The third-order valence-corrected chi connectivity index (χ3v) is 5.36. The number of carboxylic acid groups (broad SMARTS) is 1. The topological polar surface area (TPSA) is 49.3 Å². The van der Waals surface area contributed by atoms with Crippen LogP contribution >= 0.6 is 0 Å². The van der Waals surface area contributed by atoms with Gasteiger partial charge in [0.2, 0.25) is 0 Å². The Bertz CT molecular complexity index is 505. The smallest absolute Gasteiger partial charge is 0.308 e. The average molecular weight is 273 g/mol. The number of fused-ring (bicyclic) bond motifs is 2. The summed E-state index contributed by atoms with van der Waals surface area (Å²) in [6.45, 7) is 5.04. The molecule has 20 heavy (non-hydrogen) atoms. The van der Waals surface area contributed by atoms with Crippen LogP contribution in [0.3, 0.4) is 0 Å². The van der Waals surface area contributed by atoms with Gasteiger partial charge in [0.1, 0.15) is 0 Å². The van der Waals surface area contributed by atoms with Gasteiger partial charge in [-0.3, -0.25) is 4.79 Å². The number of carboxylic acids is 1. The molecular formula is C17H23NO2. The quantitative estimate of drug-likeness (QED) is 0.887. The van der Waals surface area contributed by atoms with Gasteiger partial charge in [-0.2, -0.15) is 0 Å². The summed E-state index contributed by atoms with van der Waals surface area (Å²) in [6.07, 6.45) is 3.39. The summed E-state index contributed by atoms with van der Waals surface area (Å²) >= 11 is 0. The zero-order valence-corrected chi connectivity index (χ0v) is 12.2. The average Bonchev–Trinajstić information content (AvgIpc) is 2.98. The molecular weight excluding hydrogens is 250 g/mol. The highest BCUT2D eigenvalue weighted by atomic mass is 16.4. The summed E-state index contributed by atoms with van der Waals surface area (Å²) in [5, 5.41) is 13.0. The fourth-order valence-corrected chi connectivity index (χ4v) is 4.29. The number of aryl methyl sites for hydroxylation is 2. The van der Waals surface area contributed by atoms with E-state index in [-0.39, 0.29) is 12.0 Å². The summed E-state index contributed by atoms with van der Waals surface area (Å²) in [5.74, 6) is 0.160. The predicted octanol–water partition coefficient (Wildman–Crippen LogP) is 2.89. The first-order valence-electron chi connectivity index (χ1n) is 7.59. The molecule has 3 nitrogen and oxygen atoms in total. The number of hydrogen-bond donors (Lipinski definition) is 2. The van der Waals surface area contributed by atoms with Gasteiger partial charge in [0, 0.05) is 12.6 Å². The van der Waals surface area contributed by atoms with Gasteiger partial charge in [-0.1, -0.05) is 18.2 Å². The molecule has 108 valence electrons. The summed E-state index contributed by atoms with van der Waals surface area (Å²) < 4.78 is 0. The first-order chi connectivity index (χ1) is 9.58. The van der Waals surface area contributed by atoms with Gasteiger partial charge in [-0.15, -0.1) is 0 Å². The Hall–Kier alpha value is -1.35. The number of benzene rings is 1. The van der Waals surface area contributed by atoms with E-state index in [9.17, 15) is 9.90 Å². The van der Waals surface area contributed by atoms with Crippen molar-refractivity contribution in [1.29, 1.82) is 0 Å². The van der Waals surface area contributed by atoms with Gasteiger partial charge in [0.25, 0.3) is 0 Å². The highest BCUT2D eigenvalue weighted by Crippen LogP contribution is 2.48. The van der Waals surface area contributed by atoms with Crippen molar-refractivity contribution in [3.05, 3.63) is 34.9 Å². The molecule has 4 unspecified atom stereocenters. The maximum absolute atomic E-state index is 11.5. The van der Waals surface area contributed by atoms with Crippen LogP contribution < -0.4 is 5.32 Å². The molecule has 2 bridgehead atoms. The van der Waals surface area contributed by atoms with Gasteiger partial charge in [-0.05, 0) is 61.6 Å². The molecule has 0 aliphatic heterocycles. The van der Waals surface area contributed by atoms with Crippen LogP contribution in [-0.4, -0.2) is 17.1 Å². The lowest BCUT2D eigenvalue weighted by atomic mass is 9.84. The predicted molar refractivity (Wildman–Crippen MR) is 78.5 cm³/mol. The molecule has 1 aromatic carbocycles. The van der Waals surface area contributed by atoms with Crippen LogP contribution in [0.25, 0.3) is 0 Å². The Balaban J connectivity index is 1.73. The SMILES string of the molecule is Cc1cccc(C)c1CNC1C2CCC(C2)C1C(=O)O. The maximum Gasteiger partial charge on any atom is 0.308 e. The van der Waals surface area contributed by atoms with Crippen LogP contribution in [-0.2, 0) is 11.3 Å². The molecule has 3 rings (SSSR count). The Morgan fingerprint density at radius 2 is 1.90 bits per heavy atom. The van der Waals surface area contributed by atoms with Crippen molar-refractivity contribution >= 4 is 5.97 Å². The van der Waals surface area contributed by atoms with Crippen LogP contribution in [0, 0.1) is 31.6 Å². The fraction of sp³-hybridized carbons (Fsp3) is 0.588. The molecule has 0 spiro atoms. The van der Waals surface area contributed by atoms with Gasteiger partial charge >= 0.3 is 5.97 Å². The van der Waals surface area contributed by atoms with Crippen LogP contribution in [0.1, 0.15) is 36.0 Å². The Morgan fingerprint density at radius 1 is 1.25 bits per heavy atom. The van der Waals surface area contributed by atoms with Crippen LogP contribution in [0.2, 0.25) is 0 Å². The molecule has 2 saturated carbocycles. The van der Waals surface area contributed by atoms with Crippen molar-refractivity contribution < 1.29 is 9.90 Å². The van der Waals surface area contributed by atoms with Gasteiger partial charge < -0.3 is 10.4 Å². The zero-order chi connectivity index (χ0) is 14.3. The van der Waals surface area contributed by atoms with Crippen LogP contribution in [0.5, 0.6) is 0 Å². The molecule has 2 N–H and O–H groups in total. The molecule has 3 heteroatoms. The Labute approximate surface area is 120 Å². The second-order valence-electron chi connectivity index (χ2n) is 6.47. The second-order valence-corrected chi connectivity index (χ2v) is 6.47. The molecule has 0 aromatic heterocycles. The lowest BCUT2D eigenvalue weighted by Crippen LogP contribution is -2.44. The maximum atomic E-state index is 11.5. The second kappa shape index (κ2) is 5.21. The van der Waals surface area contributed by atoms with Crippen LogP contribution in [0.4, 0.5) is 0 Å². The van der Waals surface area contributed by atoms with Crippen molar-refractivity contribution in [1.82, 2.24) is 5.32 Å². The van der Waals surface area contributed by atoms with Gasteiger partial charge in [-0.25, -0.2) is 0 Å². The van der Waals surface area contributed by atoms with E-state index in [1.54, 1.807) is 0 Å². The highest BCUT2D eigenvalue weighted by molar-refractivity contribution is 5.72. The van der Waals surface area contributed by atoms with E-state index in [1.807, 2.05) is 0 Å². The summed E-state index contributed by atoms with van der Waals surface area (Å²) in [5.41, 5.74) is 3.89. The van der Waals surface area contributed by atoms with Crippen molar-refractivity contribution in [3.8, 4) is 0 Å². The number of carbonyl (C=O) groups is 1. The Morgan fingerprint density at radius 3 is 2.55 bits per heavy atom. The lowest BCUT2D eigenvalue weighted by Gasteiger charge is -2.29. The molecule has 2 fully saturated rings. The zero-order valence-electron chi connectivity index (χ0n) is 12.2. The largest absolute Gasteiger partial charge is 0.481 e. The van der Waals surface area contributed by atoms with E-state index in [0.717, 1.165) is 19.4 Å². The molecule has 0 radical (unpaired) electrons. The number of hydrogen-bond acceptors (Lipinski definition) is 2. The summed E-state index contributed by atoms with van der Waals surface area (Å²) in [7, 11) is 0. The molecule has 1 aromatic rings. The van der Waals surface area contributed by atoms with E-state index in [2.05, 4.69) is 37.4 Å². The van der Waals surface area contributed by atoms with Crippen molar-refractivity contribution in [2.45, 2.75) is 45.7 Å². The monoisotopic (exact) mass is 273 g/mol. The van der Waals surface area contributed by atoms with E-state index in [0.29, 0.717) is 11.8 Å². The number of nitrogens with one attached hydrogen (secondary N) is 1. The van der Waals surface area contributed by atoms with Crippen molar-refractivity contribution in [3.63, 3.8) is 0 Å². The molecule has 0 saturated heterocycles. The van der Waals surface area contributed by atoms with Gasteiger partial charge in [0.05, 0.1) is 5.92 Å². The third-order valence-electron chi connectivity index (χ3n) is 5.36. The minimum Gasteiger partial charge on any atom is -0.481 e. The van der Waals surface area contributed by atoms with Crippen molar-refractivity contribution in [2.24, 2.45) is 17.8 Å². The minimum atomic E-state index is -0.615. The summed E-state index contributed by atoms with van der Waals surface area (Å²) in [4.78, 5) is 11.5. The van der Waals surface area contributed by atoms with Crippen LogP contribution in [0.15, 0.2) is 18.2 Å². The minimum absolute atomic E-state index is 0.158. The molecule has 4 atom stereocenters. The first kappa shape index (κ1) is 13.6. The highest BCUT2D eigenvalue weighted by Gasteiger charge is 2.50. The normalized spacial score (nSPS) is 31.7. The van der Waals surface area contributed by atoms with E-state index >= 15 is 0 Å². The lowest BCUT2D eigenvalue weighted by molar-refractivity contribution is -0.144. The third kappa shape index (κ3) is 2.24. The standard InChI is InChI=1S/C17H23NO2/c1-10-4-3-5-11(2)14(10)9-18-16-13-7-6-12(8-13)15(16)17(19)20/h3-5,12-13,15-16,18H,6-9H2,1-2H3,(H,19,20). The van der Waals surface area contributed by atoms with Gasteiger partial charge in [0.15, 0.2) is 0 Å². The molecule has 2 aliphatic carbocycles. The fourth-order valence-electron chi connectivity index (χ4n) is 4.29. The van der Waals surface area contributed by atoms with E-state index in [1.165, 1.54) is 23.1 Å². The Kier molecular flexibility index (Phi) is 3.55.